The highest BCUT2D eigenvalue weighted by atomic mass is 32.2. The first kappa shape index (κ1) is 26.9. The summed E-state index contributed by atoms with van der Waals surface area (Å²) in [4.78, 5) is 26.8. The molecule has 1 heterocycles. The molecule has 2 fully saturated rings. The number of anilines is 2. The van der Waals surface area contributed by atoms with E-state index in [9.17, 15) is 18.0 Å². The zero-order chi connectivity index (χ0) is 27.6. The Morgan fingerprint density at radius 2 is 1.59 bits per heavy atom. The Morgan fingerprint density at radius 1 is 0.949 bits per heavy atom. The van der Waals surface area contributed by atoms with Crippen LogP contribution in [0.4, 0.5) is 11.4 Å². The van der Waals surface area contributed by atoms with Crippen LogP contribution in [0.5, 0.6) is 0 Å². The number of hydrogen-bond acceptors (Lipinski definition) is 5. The zero-order valence-corrected chi connectivity index (χ0v) is 22.7. The number of sulfonamides is 1. The summed E-state index contributed by atoms with van der Waals surface area (Å²) in [6.07, 6.45) is 1.89. The molecule has 3 aromatic carbocycles. The van der Waals surface area contributed by atoms with E-state index in [0.29, 0.717) is 37.3 Å². The Kier molecular flexibility index (Phi) is 7.72. The second-order valence-corrected chi connectivity index (χ2v) is 12.1. The number of hydrogen-bond donors (Lipinski definition) is 3. The fourth-order valence-corrected chi connectivity index (χ4v) is 6.85. The van der Waals surface area contributed by atoms with Gasteiger partial charge < -0.3 is 16.0 Å². The molecule has 4 N–H and O–H groups in total. The molecule has 1 aliphatic heterocycles. The van der Waals surface area contributed by atoms with Crippen molar-refractivity contribution in [3.8, 4) is 0 Å². The summed E-state index contributed by atoms with van der Waals surface area (Å²) >= 11 is 0. The molecular formula is C30H34N4O4S. The average molecular weight is 547 g/mol. The highest BCUT2D eigenvalue weighted by Gasteiger charge is 2.44. The van der Waals surface area contributed by atoms with Gasteiger partial charge in [0.1, 0.15) is 4.90 Å². The SMILES string of the molecule is C[C@@H](NS(=O)(=O)c1cc(NC(=O)[C@H]2C[C@H]2c2ccccc2)ccc1N1CCC(C(N)=O)CC1)c1ccccc1. The second-order valence-electron chi connectivity index (χ2n) is 10.4. The van der Waals surface area contributed by atoms with Gasteiger partial charge in [-0.3, -0.25) is 9.59 Å². The van der Waals surface area contributed by atoms with Gasteiger partial charge in [0.15, 0.2) is 0 Å². The van der Waals surface area contributed by atoms with E-state index < -0.39 is 16.1 Å². The molecule has 9 heteroatoms. The molecule has 1 saturated heterocycles. The van der Waals surface area contributed by atoms with Crippen LogP contribution in [0.3, 0.4) is 0 Å². The van der Waals surface area contributed by atoms with Gasteiger partial charge in [0, 0.05) is 36.7 Å². The summed E-state index contributed by atoms with van der Waals surface area (Å²) in [5, 5.41) is 2.94. The summed E-state index contributed by atoms with van der Waals surface area (Å²) in [7, 11) is -3.97. The predicted octanol–water partition coefficient (Wildman–Crippen LogP) is 4.17. The lowest BCUT2D eigenvalue weighted by molar-refractivity contribution is -0.122. The minimum atomic E-state index is -3.97. The molecule has 0 aromatic heterocycles. The van der Waals surface area contributed by atoms with Crippen LogP contribution in [0.2, 0.25) is 0 Å². The number of piperidine rings is 1. The van der Waals surface area contributed by atoms with Crippen LogP contribution < -0.4 is 20.7 Å². The molecule has 8 nitrogen and oxygen atoms in total. The maximum atomic E-state index is 13.7. The number of benzene rings is 3. The van der Waals surface area contributed by atoms with Crippen molar-refractivity contribution in [1.82, 2.24) is 4.72 Å². The molecule has 204 valence electrons. The van der Waals surface area contributed by atoms with Gasteiger partial charge >= 0.3 is 0 Å². The summed E-state index contributed by atoms with van der Waals surface area (Å²) in [6, 6.07) is 23.9. The van der Waals surface area contributed by atoms with Gasteiger partial charge in [-0.1, -0.05) is 60.7 Å². The highest BCUT2D eigenvalue weighted by Crippen LogP contribution is 2.48. The lowest BCUT2D eigenvalue weighted by atomic mass is 9.96. The van der Waals surface area contributed by atoms with Crippen LogP contribution >= 0.6 is 0 Å². The Labute approximate surface area is 229 Å². The Bertz CT molecular complexity index is 1440. The third-order valence-electron chi connectivity index (χ3n) is 7.74. The topological polar surface area (TPSA) is 122 Å². The number of carbonyl (C=O) groups is 2. The first-order valence-electron chi connectivity index (χ1n) is 13.3. The van der Waals surface area contributed by atoms with Crippen molar-refractivity contribution < 1.29 is 18.0 Å². The van der Waals surface area contributed by atoms with Crippen LogP contribution in [-0.2, 0) is 19.6 Å². The van der Waals surface area contributed by atoms with Crippen LogP contribution in [0.25, 0.3) is 0 Å². The lowest BCUT2D eigenvalue weighted by Gasteiger charge is -2.33. The fraction of sp³-hybridized carbons (Fsp3) is 0.333. The molecule has 5 rings (SSSR count). The minimum absolute atomic E-state index is 0.0935. The number of nitrogens with one attached hydrogen (secondary N) is 2. The molecule has 0 radical (unpaired) electrons. The summed E-state index contributed by atoms with van der Waals surface area (Å²) in [6.45, 7) is 2.82. The van der Waals surface area contributed by atoms with Gasteiger partial charge in [0.05, 0.1) is 5.69 Å². The Morgan fingerprint density at radius 3 is 2.23 bits per heavy atom. The lowest BCUT2D eigenvalue weighted by Crippen LogP contribution is -2.39. The van der Waals surface area contributed by atoms with Gasteiger partial charge in [0.2, 0.25) is 21.8 Å². The minimum Gasteiger partial charge on any atom is -0.370 e. The van der Waals surface area contributed by atoms with Crippen LogP contribution in [0, 0.1) is 11.8 Å². The summed E-state index contributed by atoms with van der Waals surface area (Å²) in [5.41, 5.74) is 8.45. The molecular weight excluding hydrogens is 512 g/mol. The molecule has 0 bridgehead atoms. The third kappa shape index (κ3) is 6.15. The van der Waals surface area contributed by atoms with Crippen molar-refractivity contribution in [3.05, 3.63) is 90.0 Å². The standard InChI is InChI=1S/C30H34N4O4S/c1-20(21-8-4-2-5-9-21)33-39(37,38)28-18-24(12-13-27(28)34-16-14-23(15-17-34)29(31)35)32-30(36)26-19-25(26)22-10-6-3-7-11-22/h2-13,18,20,23,25-26,33H,14-17,19H2,1H3,(H2,31,35)(H,32,36)/t20-,25+,26+/m1/s1. The van der Waals surface area contributed by atoms with Crippen LogP contribution in [0.1, 0.15) is 49.3 Å². The number of rotatable bonds is 9. The zero-order valence-electron chi connectivity index (χ0n) is 21.9. The molecule has 0 unspecified atom stereocenters. The first-order valence-corrected chi connectivity index (χ1v) is 14.8. The molecule has 1 saturated carbocycles. The maximum Gasteiger partial charge on any atom is 0.243 e. The highest BCUT2D eigenvalue weighted by molar-refractivity contribution is 7.89. The number of nitrogens with zero attached hydrogens (tertiary/aromatic N) is 1. The van der Waals surface area contributed by atoms with E-state index in [2.05, 4.69) is 10.0 Å². The van der Waals surface area contributed by atoms with Crippen LogP contribution in [0.15, 0.2) is 83.8 Å². The first-order chi connectivity index (χ1) is 18.7. The van der Waals surface area contributed by atoms with Crippen molar-refractivity contribution in [1.29, 1.82) is 0 Å². The van der Waals surface area contributed by atoms with Crippen molar-refractivity contribution in [2.75, 3.05) is 23.3 Å². The quantitative estimate of drug-likeness (QED) is 0.372. The normalized spacial score (nSPS) is 20.3. The van der Waals surface area contributed by atoms with Crippen molar-refractivity contribution in [3.63, 3.8) is 0 Å². The monoisotopic (exact) mass is 546 g/mol. The summed E-state index contributed by atoms with van der Waals surface area (Å²) < 4.78 is 30.3. The van der Waals surface area contributed by atoms with Gasteiger partial charge in [-0.2, -0.15) is 0 Å². The van der Waals surface area contributed by atoms with Crippen LogP contribution in [-0.4, -0.2) is 33.3 Å². The van der Waals surface area contributed by atoms with Crippen molar-refractivity contribution >= 4 is 33.2 Å². The molecule has 2 aliphatic rings. The van der Waals surface area contributed by atoms with E-state index in [0.717, 1.165) is 17.5 Å². The molecule has 3 atom stereocenters. The smallest absolute Gasteiger partial charge is 0.243 e. The maximum absolute atomic E-state index is 13.7. The van der Waals surface area contributed by atoms with E-state index >= 15 is 0 Å². The third-order valence-corrected chi connectivity index (χ3v) is 9.31. The average Bonchev–Trinajstić information content (AvgIpc) is 3.75. The molecule has 0 spiro atoms. The second kappa shape index (κ2) is 11.2. The van der Waals surface area contributed by atoms with E-state index in [1.54, 1.807) is 19.1 Å². The van der Waals surface area contributed by atoms with Gasteiger partial charge in [-0.05, 0) is 61.4 Å². The Hall–Kier alpha value is -3.69. The fourth-order valence-electron chi connectivity index (χ4n) is 5.37. The molecule has 1 aliphatic carbocycles. The largest absolute Gasteiger partial charge is 0.370 e. The van der Waals surface area contributed by atoms with Gasteiger partial charge in [0.25, 0.3) is 0 Å². The predicted molar refractivity (Wildman–Crippen MR) is 152 cm³/mol. The number of primary amides is 1. The number of nitrogens with two attached hydrogens (primary N) is 1. The summed E-state index contributed by atoms with van der Waals surface area (Å²) in [5.74, 6) is -0.627. The Balaban J connectivity index is 1.39. The molecule has 39 heavy (non-hydrogen) atoms. The van der Waals surface area contributed by atoms with E-state index in [1.165, 1.54) is 6.07 Å². The van der Waals surface area contributed by atoms with Crippen molar-refractivity contribution in [2.45, 2.75) is 43.0 Å². The number of carbonyl (C=O) groups excluding carboxylic acids is 2. The van der Waals surface area contributed by atoms with E-state index in [1.807, 2.05) is 65.6 Å². The molecule has 2 amide bonds. The molecule has 3 aromatic rings. The van der Waals surface area contributed by atoms with Crippen molar-refractivity contribution in [2.24, 2.45) is 17.6 Å². The van der Waals surface area contributed by atoms with Gasteiger partial charge in [-0.15, -0.1) is 0 Å². The van der Waals surface area contributed by atoms with Gasteiger partial charge in [-0.25, -0.2) is 13.1 Å². The number of amides is 2. The van der Waals surface area contributed by atoms with E-state index in [-0.39, 0.29) is 34.5 Å². The van der Waals surface area contributed by atoms with E-state index in [4.69, 9.17) is 5.73 Å².